The van der Waals surface area contributed by atoms with Gasteiger partial charge in [0.1, 0.15) is 5.75 Å². The molecule has 0 spiro atoms. The van der Waals surface area contributed by atoms with Gasteiger partial charge in [-0.3, -0.25) is 0 Å². The molecule has 0 atom stereocenters. The molecule has 0 saturated carbocycles. The second-order valence-electron chi connectivity index (χ2n) is 3.51. The van der Waals surface area contributed by atoms with E-state index in [1.807, 2.05) is 13.8 Å². The molecule has 0 fully saturated rings. The molecular formula is C11H8ClN3OS. The van der Waals surface area contributed by atoms with Gasteiger partial charge in [-0.05, 0) is 37.1 Å². The number of aromatic nitrogens is 2. The van der Waals surface area contributed by atoms with E-state index in [0.717, 1.165) is 22.9 Å². The number of ether oxygens (including phenoxy) is 1. The number of hydrogen-bond acceptors (Lipinski definition) is 5. The predicted molar refractivity (Wildman–Crippen MR) is 65.6 cm³/mol. The van der Waals surface area contributed by atoms with Crippen molar-refractivity contribution in [2.24, 2.45) is 0 Å². The summed E-state index contributed by atoms with van der Waals surface area (Å²) in [5.74, 6) is 0.964. The van der Waals surface area contributed by atoms with Crippen molar-refractivity contribution >= 4 is 23.3 Å². The third-order valence-corrected chi connectivity index (χ3v) is 3.07. The van der Waals surface area contributed by atoms with Crippen LogP contribution in [-0.2, 0) is 0 Å². The van der Waals surface area contributed by atoms with Crippen LogP contribution < -0.4 is 4.74 Å². The van der Waals surface area contributed by atoms with Crippen molar-refractivity contribution in [1.82, 2.24) is 8.75 Å². The van der Waals surface area contributed by atoms with E-state index in [4.69, 9.17) is 21.6 Å². The molecule has 6 heteroatoms. The molecule has 0 amide bonds. The number of rotatable bonds is 2. The minimum Gasteiger partial charge on any atom is -0.435 e. The standard InChI is InChI=1S/C11H8ClN3OS/c1-6-3-8(5-13)4-7(2)9(6)16-11-10(12)14-17-15-11/h3-4H,1-2H3. The Hall–Kier alpha value is -1.64. The quantitative estimate of drug-likeness (QED) is 0.834. The third kappa shape index (κ3) is 2.38. The normalized spacial score (nSPS) is 10.0. The van der Waals surface area contributed by atoms with Crippen molar-refractivity contribution in [3.8, 4) is 17.7 Å². The molecule has 0 radical (unpaired) electrons. The summed E-state index contributed by atoms with van der Waals surface area (Å²) in [6.45, 7) is 3.74. The molecule has 0 saturated heterocycles. The Labute approximate surface area is 108 Å². The first-order chi connectivity index (χ1) is 8.11. The minimum absolute atomic E-state index is 0.248. The van der Waals surface area contributed by atoms with E-state index in [0.29, 0.717) is 17.2 Å². The van der Waals surface area contributed by atoms with Crippen LogP contribution in [0.5, 0.6) is 11.6 Å². The highest BCUT2D eigenvalue weighted by Crippen LogP contribution is 2.32. The van der Waals surface area contributed by atoms with Crippen LogP contribution in [0.2, 0.25) is 5.15 Å². The van der Waals surface area contributed by atoms with E-state index in [2.05, 4.69) is 14.8 Å². The van der Waals surface area contributed by atoms with Crippen LogP contribution in [-0.4, -0.2) is 8.75 Å². The van der Waals surface area contributed by atoms with Gasteiger partial charge < -0.3 is 4.74 Å². The Morgan fingerprint density at radius 1 is 1.29 bits per heavy atom. The van der Waals surface area contributed by atoms with E-state index in [-0.39, 0.29) is 5.15 Å². The highest BCUT2D eigenvalue weighted by atomic mass is 35.5. The molecule has 86 valence electrons. The fraction of sp³-hybridized carbons (Fsp3) is 0.182. The lowest BCUT2D eigenvalue weighted by atomic mass is 10.1. The number of halogens is 1. The van der Waals surface area contributed by atoms with Gasteiger partial charge in [0.05, 0.1) is 23.4 Å². The highest BCUT2D eigenvalue weighted by Gasteiger charge is 2.12. The minimum atomic E-state index is 0.248. The van der Waals surface area contributed by atoms with Gasteiger partial charge >= 0.3 is 0 Å². The van der Waals surface area contributed by atoms with Gasteiger partial charge in [0, 0.05) is 0 Å². The average Bonchev–Trinajstić information content (AvgIpc) is 2.69. The summed E-state index contributed by atoms with van der Waals surface area (Å²) in [5.41, 5.74) is 2.34. The molecule has 0 bridgehead atoms. The summed E-state index contributed by atoms with van der Waals surface area (Å²) >= 11 is 6.81. The van der Waals surface area contributed by atoms with Gasteiger partial charge in [-0.15, -0.1) is 4.37 Å². The lowest BCUT2D eigenvalue weighted by Crippen LogP contribution is -1.93. The van der Waals surface area contributed by atoms with E-state index in [9.17, 15) is 0 Å². The molecule has 4 nitrogen and oxygen atoms in total. The number of aryl methyl sites for hydroxylation is 2. The monoisotopic (exact) mass is 265 g/mol. The largest absolute Gasteiger partial charge is 0.435 e. The van der Waals surface area contributed by atoms with Crippen molar-refractivity contribution in [2.75, 3.05) is 0 Å². The molecule has 0 aliphatic carbocycles. The first kappa shape index (κ1) is 11.8. The fourth-order valence-electron chi connectivity index (χ4n) is 1.50. The van der Waals surface area contributed by atoms with E-state index >= 15 is 0 Å². The maximum atomic E-state index is 8.85. The summed E-state index contributed by atoms with van der Waals surface area (Å²) in [4.78, 5) is 0. The number of nitrogens with zero attached hydrogens (tertiary/aromatic N) is 3. The van der Waals surface area contributed by atoms with Crippen LogP contribution in [0, 0.1) is 25.2 Å². The first-order valence-electron chi connectivity index (χ1n) is 4.79. The number of benzene rings is 1. The lowest BCUT2D eigenvalue weighted by Gasteiger charge is -2.09. The Kier molecular flexibility index (Phi) is 3.27. The smallest absolute Gasteiger partial charge is 0.270 e. The fourth-order valence-corrected chi connectivity index (χ4v) is 2.12. The second-order valence-corrected chi connectivity index (χ2v) is 4.40. The van der Waals surface area contributed by atoms with E-state index in [1.165, 1.54) is 0 Å². The summed E-state index contributed by atoms with van der Waals surface area (Å²) in [5, 5.41) is 9.09. The first-order valence-corrected chi connectivity index (χ1v) is 5.90. The SMILES string of the molecule is Cc1cc(C#N)cc(C)c1Oc1nsnc1Cl. The molecule has 17 heavy (non-hydrogen) atoms. The molecule has 0 aliphatic heterocycles. The van der Waals surface area contributed by atoms with E-state index < -0.39 is 0 Å². The van der Waals surface area contributed by atoms with Crippen molar-refractivity contribution < 1.29 is 4.74 Å². The van der Waals surface area contributed by atoms with Crippen molar-refractivity contribution in [2.45, 2.75) is 13.8 Å². The Balaban J connectivity index is 2.41. The zero-order valence-corrected chi connectivity index (χ0v) is 10.8. The predicted octanol–water partition coefficient (Wildman–Crippen LogP) is 3.47. The molecule has 1 aromatic carbocycles. The highest BCUT2D eigenvalue weighted by molar-refractivity contribution is 6.99. The maximum absolute atomic E-state index is 8.85. The van der Waals surface area contributed by atoms with Crippen molar-refractivity contribution in [1.29, 1.82) is 5.26 Å². The van der Waals surface area contributed by atoms with Gasteiger partial charge in [0.15, 0.2) is 0 Å². The summed E-state index contributed by atoms with van der Waals surface area (Å²) in [6.07, 6.45) is 0. The number of hydrogen-bond donors (Lipinski definition) is 0. The van der Waals surface area contributed by atoms with Crippen LogP contribution in [0.25, 0.3) is 0 Å². The average molecular weight is 266 g/mol. The zero-order chi connectivity index (χ0) is 12.4. The zero-order valence-electron chi connectivity index (χ0n) is 9.19. The van der Waals surface area contributed by atoms with E-state index in [1.54, 1.807) is 12.1 Å². The summed E-state index contributed by atoms with van der Waals surface area (Å²) in [6, 6.07) is 5.62. The molecular weight excluding hydrogens is 258 g/mol. The van der Waals surface area contributed by atoms with Crippen LogP contribution in [0.1, 0.15) is 16.7 Å². The molecule has 1 aromatic heterocycles. The van der Waals surface area contributed by atoms with Crippen molar-refractivity contribution in [3.63, 3.8) is 0 Å². The van der Waals surface area contributed by atoms with Gasteiger partial charge in [0.2, 0.25) is 5.15 Å². The van der Waals surface area contributed by atoms with Crippen LogP contribution in [0.3, 0.4) is 0 Å². The Bertz CT molecular complexity index is 580. The number of nitriles is 1. The topological polar surface area (TPSA) is 58.8 Å². The molecule has 0 aliphatic rings. The Morgan fingerprint density at radius 2 is 1.94 bits per heavy atom. The van der Waals surface area contributed by atoms with Crippen molar-refractivity contribution in [3.05, 3.63) is 34.0 Å². The van der Waals surface area contributed by atoms with Crippen LogP contribution >= 0.6 is 23.3 Å². The Morgan fingerprint density at radius 3 is 2.41 bits per heavy atom. The molecule has 2 aromatic rings. The summed E-state index contributed by atoms with van der Waals surface area (Å²) < 4.78 is 13.4. The van der Waals surface area contributed by atoms with Gasteiger partial charge in [-0.2, -0.15) is 9.64 Å². The van der Waals surface area contributed by atoms with Crippen LogP contribution in [0.15, 0.2) is 12.1 Å². The second kappa shape index (κ2) is 4.70. The summed E-state index contributed by atoms with van der Waals surface area (Å²) in [7, 11) is 0. The maximum Gasteiger partial charge on any atom is 0.270 e. The van der Waals surface area contributed by atoms with Gasteiger partial charge in [-0.1, -0.05) is 11.6 Å². The molecule has 1 heterocycles. The van der Waals surface area contributed by atoms with Gasteiger partial charge in [-0.25, -0.2) is 0 Å². The molecule has 2 rings (SSSR count). The molecule has 0 unspecified atom stereocenters. The molecule has 0 N–H and O–H groups in total. The lowest BCUT2D eigenvalue weighted by molar-refractivity contribution is 0.461. The van der Waals surface area contributed by atoms with Crippen LogP contribution in [0.4, 0.5) is 0 Å². The van der Waals surface area contributed by atoms with Gasteiger partial charge in [0.25, 0.3) is 5.88 Å². The third-order valence-electron chi connectivity index (χ3n) is 2.21.